The standard InChI is InChI=1S/C27H23ClFN3OS/c28-21-7-2-3-8-22(21)30-27(33)32-16-20-19-6-1-4-10-24(19)34-26(20)31-15-5-9-23(31)25(32)17-11-13-18(29)14-12-17/h2-3,5,7-9,11-15,25H,1,4,6,10,16H2,(H,30,33)/t25-/m0/s1. The molecule has 0 fully saturated rings. The Balaban J connectivity index is 1.51. The molecule has 172 valence electrons. The topological polar surface area (TPSA) is 37.3 Å². The summed E-state index contributed by atoms with van der Waals surface area (Å²) in [6, 6.07) is 17.1. The Labute approximate surface area is 206 Å². The number of hydrogen-bond donors (Lipinski definition) is 1. The molecule has 0 spiro atoms. The summed E-state index contributed by atoms with van der Waals surface area (Å²) in [5.41, 5.74) is 5.02. The Kier molecular flexibility index (Phi) is 5.42. The summed E-state index contributed by atoms with van der Waals surface area (Å²) in [6.45, 7) is 0.473. The number of para-hydroxylation sites is 1. The molecule has 0 saturated carbocycles. The first-order valence-corrected chi connectivity index (χ1v) is 12.7. The van der Waals surface area contributed by atoms with Gasteiger partial charge in [-0.05, 0) is 73.2 Å². The number of carbonyl (C=O) groups excluding carboxylic acids is 1. The number of rotatable bonds is 2. The molecule has 0 bridgehead atoms. The molecule has 1 N–H and O–H groups in total. The smallest absolute Gasteiger partial charge is 0.310 e. The van der Waals surface area contributed by atoms with E-state index in [-0.39, 0.29) is 17.9 Å². The van der Waals surface area contributed by atoms with Gasteiger partial charge in [0.2, 0.25) is 0 Å². The normalized spacial score (nSPS) is 16.9. The minimum absolute atomic E-state index is 0.237. The summed E-state index contributed by atoms with van der Waals surface area (Å²) in [5.74, 6) is -0.298. The van der Waals surface area contributed by atoms with Gasteiger partial charge in [0.15, 0.2) is 0 Å². The zero-order chi connectivity index (χ0) is 23.2. The third-order valence-electron chi connectivity index (χ3n) is 6.74. The van der Waals surface area contributed by atoms with Gasteiger partial charge in [-0.3, -0.25) is 0 Å². The number of carbonyl (C=O) groups is 1. The number of aromatic nitrogens is 1. The molecule has 3 heterocycles. The van der Waals surface area contributed by atoms with E-state index in [2.05, 4.69) is 22.1 Å². The molecule has 4 nitrogen and oxygen atoms in total. The predicted molar refractivity (Wildman–Crippen MR) is 135 cm³/mol. The molecular formula is C27H23ClFN3OS. The molecule has 0 unspecified atom stereocenters. The highest BCUT2D eigenvalue weighted by molar-refractivity contribution is 7.15. The minimum Gasteiger partial charge on any atom is -0.310 e. The fourth-order valence-electron chi connectivity index (χ4n) is 5.13. The molecule has 6 rings (SSSR count). The van der Waals surface area contributed by atoms with Crippen molar-refractivity contribution in [1.82, 2.24) is 9.47 Å². The minimum atomic E-state index is -0.378. The highest BCUT2D eigenvalue weighted by Gasteiger charge is 2.36. The van der Waals surface area contributed by atoms with Gasteiger partial charge in [-0.1, -0.05) is 35.9 Å². The van der Waals surface area contributed by atoms with Crippen LogP contribution in [-0.2, 0) is 19.4 Å². The lowest BCUT2D eigenvalue weighted by Gasteiger charge is -2.31. The lowest BCUT2D eigenvalue weighted by molar-refractivity contribution is 0.194. The van der Waals surface area contributed by atoms with Gasteiger partial charge in [0.05, 0.1) is 29.0 Å². The molecule has 1 aliphatic heterocycles. The van der Waals surface area contributed by atoms with Crippen LogP contribution in [0.2, 0.25) is 5.02 Å². The SMILES string of the molecule is O=C(Nc1ccccc1Cl)N1Cc2c(sc3c2CCCC3)-n2cccc2[C@@H]1c1ccc(F)cc1. The fourth-order valence-corrected chi connectivity index (χ4v) is 6.72. The summed E-state index contributed by atoms with van der Waals surface area (Å²) in [4.78, 5) is 17.1. The molecule has 2 aliphatic rings. The van der Waals surface area contributed by atoms with Gasteiger partial charge in [0.25, 0.3) is 0 Å². The number of aryl methyl sites for hydroxylation is 1. The molecule has 2 aromatic carbocycles. The van der Waals surface area contributed by atoms with Gasteiger partial charge in [-0.15, -0.1) is 11.3 Å². The number of urea groups is 1. The zero-order valence-corrected chi connectivity index (χ0v) is 20.0. The second-order valence-corrected chi connectivity index (χ2v) is 10.3. The Morgan fingerprint density at radius 1 is 1.00 bits per heavy atom. The van der Waals surface area contributed by atoms with E-state index in [0.29, 0.717) is 17.3 Å². The van der Waals surface area contributed by atoms with Crippen LogP contribution >= 0.6 is 22.9 Å². The van der Waals surface area contributed by atoms with Gasteiger partial charge in [-0.25, -0.2) is 9.18 Å². The van der Waals surface area contributed by atoms with Gasteiger partial charge < -0.3 is 14.8 Å². The van der Waals surface area contributed by atoms with Crippen LogP contribution in [0.15, 0.2) is 66.9 Å². The Bertz CT molecular complexity index is 1380. The number of halogens is 2. The van der Waals surface area contributed by atoms with Crippen LogP contribution in [0, 0.1) is 5.82 Å². The number of amides is 2. The van der Waals surface area contributed by atoms with Gasteiger partial charge in [-0.2, -0.15) is 0 Å². The van der Waals surface area contributed by atoms with Crippen molar-refractivity contribution in [3.8, 4) is 5.00 Å². The maximum atomic E-state index is 13.8. The number of fused-ring (bicyclic) bond motifs is 5. The van der Waals surface area contributed by atoms with Crippen molar-refractivity contribution >= 4 is 34.7 Å². The van der Waals surface area contributed by atoms with Crippen molar-refractivity contribution in [2.75, 3.05) is 5.32 Å². The van der Waals surface area contributed by atoms with E-state index in [1.165, 1.54) is 46.0 Å². The Morgan fingerprint density at radius 2 is 1.79 bits per heavy atom. The van der Waals surface area contributed by atoms with Crippen LogP contribution in [0.5, 0.6) is 0 Å². The largest absolute Gasteiger partial charge is 0.323 e. The van der Waals surface area contributed by atoms with Crippen molar-refractivity contribution in [3.63, 3.8) is 0 Å². The average molecular weight is 492 g/mol. The second-order valence-electron chi connectivity index (χ2n) is 8.79. The lowest BCUT2D eigenvalue weighted by Crippen LogP contribution is -2.38. The van der Waals surface area contributed by atoms with E-state index in [4.69, 9.17) is 11.6 Å². The predicted octanol–water partition coefficient (Wildman–Crippen LogP) is 7.35. The molecule has 0 radical (unpaired) electrons. The van der Waals surface area contributed by atoms with Crippen molar-refractivity contribution in [2.45, 2.75) is 38.3 Å². The highest BCUT2D eigenvalue weighted by atomic mass is 35.5. The number of hydrogen-bond acceptors (Lipinski definition) is 2. The van der Waals surface area contributed by atoms with Gasteiger partial charge in [0.1, 0.15) is 10.8 Å². The van der Waals surface area contributed by atoms with E-state index >= 15 is 0 Å². The summed E-state index contributed by atoms with van der Waals surface area (Å²) < 4.78 is 16.0. The number of nitrogens with zero attached hydrogens (tertiary/aromatic N) is 2. The first kappa shape index (κ1) is 21.4. The lowest BCUT2D eigenvalue weighted by atomic mass is 9.95. The number of benzene rings is 2. The van der Waals surface area contributed by atoms with Crippen LogP contribution in [-0.4, -0.2) is 15.5 Å². The van der Waals surface area contributed by atoms with Crippen LogP contribution in [0.3, 0.4) is 0 Å². The molecule has 2 amide bonds. The molecule has 0 saturated heterocycles. The first-order chi connectivity index (χ1) is 16.6. The van der Waals surface area contributed by atoms with Crippen molar-refractivity contribution in [2.24, 2.45) is 0 Å². The van der Waals surface area contributed by atoms with Gasteiger partial charge in [0, 0.05) is 16.6 Å². The summed E-state index contributed by atoms with van der Waals surface area (Å²) in [6.07, 6.45) is 6.58. The maximum Gasteiger partial charge on any atom is 0.323 e. The monoisotopic (exact) mass is 491 g/mol. The van der Waals surface area contributed by atoms with E-state index in [1.807, 2.05) is 34.4 Å². The third kappa shape index (κ3) is 3.62. The average Bonchev–Trinajstić information content (AvgIpc) is 3.43. The highest BCUT2D eigenvalue weighted by Crippen LogP contribution is 2.44. The van der Waals surface area contributed by atoms with Crippen LogP contribution in [0.4, 0.5) is 14.9 Å². The molecule has 2 aromatic heterocycles. The van der Waals surface area contributed by atoms with E-state index in [9.17, 15) is 9.18 Å². The van der Waals surface area contributed by atoms with E-state index < -0.39 is 0 Å². The van der Waals surface area contributed by atoms with Gasteiger partial charge >= 0.3 is 6.03 Å². The maximum absolute atomic E-state index is 13.8. The van der Waals surface area contributed by atoms with Crippen LogP contribution in [0.25, 0.3) is 5.00 Å². The number of anilines is 1. The molecular weight excluding hydrogens is 469 g/mol. The van der Waals surface area contributed by atoms with Crippen molar-refractivity contribution in [1.29, 1.82) is 0 Å². The molecule has 7 heteroatoms. The van der Waals surface area contributed by atoms with Crippen LogP contribution in [0.1, 0.15) is 46.1 Å². The summed E-state index contributed by atoms with van der Waals surface area (Å²) in [5, 5.41) is 4.69. The van der Waals surface area contributed by atoms with Crippen molar-refractivity contribution < 1.29 is 9.18 Å². The summed E-state index contributed by atoms with van der Waals surface area (Å²) in [7, 11) is 0. The van der Waals surface area contributed by atoms with Crippen LogP contribution < -0.4 is 5.32 Å². The molecule has 1 atom stereocenters. The fraction of sp³-hybridized carbons (Fsp3) is 0.222. The molecule has 1 aliphatic carbocycles. The Hall–Kier alpha value is -3.09. The number of nitrogens with one attached hydrogen (secondary N) is 1. The van der Waals surface area contributed by atoms with Crippen molar-refractivity contribution in [3.05, 3.63) is 105 Å². The first-order valence-electron chi connectivity index (χ1n) is 11.5. The third-order valence-corrected chi connectivity index (χ3v) is 8.40. The molecule has 34 heavy (non-hydrogen) atoms. The molecule has 4 aromatic rings. The van der Waals surface area contributed by atoms with E-state index in [0.717, 1.165) is 24.1 Å². The number of thiophene rings is 1. The second kappa shape index (κ2) is 8.60. The summed E-state index contributed by atoms with van der Waals surface area (Å²) >= 11 is 8.20. The zero-order valence-electron chi connectivity index (χ0n) is 18.4. The quantitative estimate of drug-likeness (QED) is 0.313. The van der Waals surface area contributed by atoms with E-state index in [1.54, 1.807) is 24.3 Å². The Morgan fingerprint density at radius 3 is 2.62 bits per heavy atom.